The van der Waals surface area contributed by atoms with Gasteiger partial charge in [0.05, 0.1) is 0 Å². The van der Waals surface area contributed by atoms with Gasteiger partial charge in [0, 0.05) is 0 Å². The SMILES string of the molecule is C[C@H](c1ccc(O)cc1)[C@@H](C)c1ccc(O)cc1. The van der Waals surface area contributed by atoms with Crippen molar-refractivity contribution in [1.29, 1.82) is 0 Å². The Kier molecular flexibility index (Phi) is 3.56. The lowest BCUT2D eigenvalue weighted by Gasteiger charge is -2.21. The Balaban J connectivity index is 2.20. The van der Waals surface area contributed by atoms with Gasteiger partial charge in [-0.2, -0.15) is 0 Å². The van der Waals surface area contributed by atoms with Crippen LogP contribution < -0.4 is 0 Å². The fraction of sp³-hybridized carbons (Fsp3) is 0.250. The molecule has 0 saturated carbocycles. The van der Waals surface area contributed by atoms with Gasteiger partial charge in [-0.15, -0.1) is 0 Å². The first kappa shape index (κ1) is 12.5. The van der Waals surface area contributed by atoms with Crippen molar-refractivity contribution in [1.82, 2.24) is 0 Å². The quantitative estimate of drug-likeness (QED) is 0.853. The van der Waals surface area contributed by atoms with E-state index in [-0.39, 0.29) is 0 Å². The molecule has 0 radical (unpaired) electrons. The van der Waals surface area contributed by atoms with E-state index >= 15 is 0 Å². The molecule has 0 bridgehead atoms. The predicted molar refractivity (Wildman–Crippen MR) is 73.0 cm³/mol. The molecule has 2 rings (SSSR count). The van der Waals surface area contributed by atoms with Crippen LogP contribution >= 0.6 is 0 Å². The van der Waals surface area contributed by atoms with Gasteiger partial charge in [0.1, 0.15) is 11.5 Å². The fourth-order valence-corrected chi connectivity index (χ4v) is 2.13. The van der Waals surface area contributed by atoms with Gasteiger partial charge < -0.3 is 10.2 Å². The molecule has 18 heavy (non-hydrogen) atoms. The Morgan fingerprint density at radius 3 is 1.17 bits per heavy atom. The van der Waals surface area contributed by atoms with Crippen molar-refractivity contribution < 1.29 is 10.2 Å². The summed E-state index contributed by atoms with van der Waals surface area (Å²) >= 11 is 0. The summed E-state index contributed by atoms with van der Waals surface area (Å²) in [4.78, 5) is 0. The number of phenolic OH excluding ortho intramolecular Hbond substituents is 2. The summed E-state index contributed by atoms with van der Waals surface area (Å²) in [5.74, 6) is 1.30. The second-order valence-electron chi connectivity index (χ2n) is 4.76. The fourth-order valence-electron chi connectivity index (χ4n) is 2.13. The van der Waals surface area contributed by atoms with Crippen LogP contribution in [-0.4, -0.2) is 10.2 Å². The molecule has 0 saturated heterocycles. The van der Waals surface area contributed by atoms with E-state index < -0.39 is 0 Å². The highest BCUT2D eigenvalue weighted by molar-refractivity contribution is 5.33. The Bertz CT molecular complexity index is 450. The standard InChI is InChI=1S/C16H18O2/c1-11(13-3-7-15(17)8-4-13)12(2)14-5-9-16(18)10-6-14/h3-12,17-18H,1-2H3/t11-,12+. The minimum atomic E-state index is 0.295. The van der Waals surface area contributed by atoms with Gasteiger partial charge in [-0.1, -0.05) is 38.1 Å². The van der Waals surface area contributed by atoms with Crippen LogP contribution in [0.1, 0.15) is 36.8 Å². The molecule has 0 spiro atoms. The maximum atomic E-state index is 9.30. The molecule has 0 aliphatic rings. The maximum Gasteiger partial charge on any atom is 0.115 e. The van der Waals surface area contributed by atoms with Gasteiger partial charge in [0.15, 0.2) is 0 Å². The first-order valence-electron chi connectivity index (χ1n) is 6.16. The minimum absolute atomic E-state index is 0.295. The lowest BCUT2D eigenvalue weighted by atomic mass is 9.84. The van der Waals surface area contributed by atoms with Crippen LogP contribution in [0.2, 0.25) is 0 Å². The molecule has 0 aromatic heterocycles. The van der Waals surface area contributed by atoms with Crippen molar-refractivity contribution in [2.24, 2.45) is 0 Å². The lowest BCUT2D eigenvalue weighted by Crippen LogP contribution is -2.04. The topological polar surface area (TPSA) is 40.5 Å². The zero-order valence-electron chi connectivity index (χ0n) is 10.7. The molecule has 2 aromatic rings. The summed E-state index contributed by atoms with van der Waals surface area (Å²) in [6, 6.07) is 14.7. The van der Waals surface area contributed by atoms with E-state index in [2.05, 4.69) is 13.8 Å². The predicted octanol–water partition coefficient (Wildman–Crippen LogP) is 4.01. The monoisotopic (exact) mass is 242 g/mol. The summed E-state index contributed by atoms with van der Waals surface area (Å²) in [5, 5.41) is 18.6. The van der Waals surface area contributed by atoms with E-state index in [4.69, 9.17) is 0 Å². The largest absolute Gasteiger partial charge is 0.508 e. The Morgan fingerprint density at radius 2 is 0.889 bits per heavy atom. The molecule has 0 heterocycles. The van der Waals surface area contributed by atoms with Crippen molar-refractivity contribution in [3.63, 3.8) is 0 Å². The molecule has 2 nitrogen and oxygen atoms in total. The summed E-state index contributed by atoms with van der Waals surface area (Å²) in [5.41, 5.74) is 2.40. The third-order valence-corrected chi connectivity index (χ3v) is 3.59. The van der Waals surface area contributed by atoms with Gasteiger partial charge in [0.2, 0.25) is 0 Å². The lowest BCUT2D eigenvalue weighted by molar-refractivity contribution is 0.473. The first-order chi connectivity index (χ1) is 8.58. The number of phenols is 2. The molecule has 0 aliphatic heterocycles. The van der Waals surface area contributed by atoms with Crippen LogP contribution in [0.5, 0.6) is 11.5 Å². The second kappa shape index (κ2) is 5.13. The molecule has 0 unspecified atom stereocenters. The van der Waals surface area contributed by atoms with Crippen molar-refractivity contribution in [3.8, 4) is 11.5 Å². The van der Waals surface area contributed by atoms with Crippen LogP contribution in [-0.2, 0) is 0 Å². The molecule has 0 amide bonds. The molecule has 2 N–H and O–H groups in total. The zero-order chi connectivity index (χ0) is 13.1. The molecule has 2 heteroatoms. The van der Waals surface area contributed by atoms with Crippen LogP contribution in [0, 0.1) is 0 Å². The summed E-state index contributed by atoms with van der Waals surface area (Å²) in [7, 11) is 0. The molecule has 0 fully saturated rings. The molecular formula is C16H18O2. The van der Waals surface area contributed by atoms with Gasteiger partial charge in [-0.05, 0) is 47.2 Å². The smallest absolute Gasteiger partial charge is 0.115 e. The molecular weight excluding hydrogens is 224 g/mol. The van der Waals surface area contributed by atoms with Crippen LogP contribution in [0.25, 0.3) is 0 Å². The molecule has 2 atom stereocenters. The highest BCUT2D eigenvalue weighted by atomic mass is 16.3. The molecule has 2 aromatic carbocycles. The van der Waals surface area contributed by atoms with Crippen molar-refractivity contribution >= 4 is 0 Å². The number of hydrogen-bond donors (Lipinski definition) is 2. The average molecular weight is 242 g/mol. The second-order valence-corrected chi connectivity index (χ2v) is 4.76. The van der Waals surface area contributed by atoms with Gasteiger partial charge in [0.25, 0.3) is 0 Å². The van der Waals surface area contributed by atoms with Gasteiger partial charge >= 0.3 is 0 Å². The molecule has 0 aliphatic carbocycles. The maximum absolute atomic E-state index is 9.30. The third kappa shape index (κ3) is 2.65. The van der Waals surface area contributed by atoms with Crippen LogP contribution in [0.15, 0.2) is 48.5 Å². The van der Waals surface area contributed by atoms with E-state index in [1.807, 2.05) is 24.3 Å². The third-order valence-electron chi connectivity index (χ3n) is 3.59. The Hall–Kier alpha value is -1.96. The number of hydrogen-bond acceptors (Lipinski definition) is 2. The Labute approximate surface area is 108 Å². The normalized spacial score (nSPS) is 14.1. The Morgan fingerprint density at radius 1 is 0.611 bits per heavy atom. The number of aromatic hydroxyl groups is 2. The van der Waals surface area contributed by atoms with Crippen molar-refractivity contribution in [3.05, 3.63) is 59.7 Å². The highest BCUT2D eigenvalue weighted by Crippen LogP contribution is 2.33. The van der Waals surface area contributed by atoms with Crippen LogP contribution in [0.4, 0.5) is 0 Å². The summed E-state index contributed by atoms with van der Waals surface area (Å²) < 4.78 is 0. The van der Waals surface area contributed by atoms with Gasteiger partial charge in [-0.25, -0.2) is 0 Å². The van der Waals surface area contributed by atoms with Crippen LogP contribution in [0.3, 0.4) is 0 Å². The summed E-state index contributed by atoms with van der Waals surface area (Å²) in [6.07, 6.45) is 0. The average Bonchev–Trinajstić information content (AvgIpc) is 2.39. The van der Waals surface area contributed by atoms with E-state index in [9.17, 15) is 10.2 Å². The number of rotatable bonds is 3. The van der Waals surface area contributed by atoms with E-state index in [1.54, 1.807) is 24.3 Å². The summed E-state index contributed by atoms with van der Waals surface area (Å²) in [6.45, 7) is 4.34. The van der Waals surface area contributed by atoms with E-state index in [1.165, 1.54) is 11.1 Å². The first-order valence-corrected chi connectivity index (χ1v) is 6.16. The molecule has 94 valence electrons. The zero-order valence-corrected chi connectivity index (χ0v) is 10.7. The van der Waals surface area contributed by atoms with Crippen molar-refractivity contribution in [2.45, 2.75) is 25.7 Å². The van der Waals surface area contributed by atoms with E-state index in [0.717, 1.165) is 0 Å². The number of benzene rings is 2. The van der Waals surface area contributed by atoms with Crippen molar-refractivity contribution in [2.75, 3.05) is 0 Å². The van der Waals surface area contributed by atoms with E-state index in [0.29, 0.717) is 23.3 Å². The van der Waals surface area contributed by atoms with Gasteiger partial charge in [-0.3, -0.25) is 0 Å². The minimum Gasteiger partial charge on any atom is -0.508 e. The highest BCUT2D eigenvalue weighted by Gasteiger charge is 2.16.